The highest BCUT2D eigenvalue weighted by molar-refractivity contribution is 5.96. The molecular formula is C19H20N2O4. The van der Waals surface area contributed by atoms with Crippen molar-refractivity contribution in [3.63, 3.8) is 0 Å². The standard InChI is InChI=1S/C19H20N2O4/c1-12-15(10-14(11-20)25-12)19(22)21-8-4-5-17(21)16-9-13(23-2)6-7-18(16)24-3/h6-7,9-10,17H,4-5,8H2,1-3H3/t17-/m1/s1. The molecule has 1 saturated heterocycles. The first-order chi connectivity index (χ1) is 12.1. The highest BCUT2D eigenvalue weighted by atomic mass is 16.5. The predicted octanol–water partition coefficient (Wildman–Crippen LogP) is 3.45. The molecule has 0 spiro atoms. The van der Waals surface area contributed by atoms with Gasteiger partial charge in [-0.1, -0.05) is 0 Å². The zero-order valence-corrected chi connectivity index (χ0v) is 14.5. The Morgan fingerprint density at radius 2 is 2.12 bits per heavy atom. The smallest absolute Gasteiger partial charge is 0.257 e. The SMILES string of the molecule is COc1ccc(OC)c([C@H]2CCCN2C(=O)c2cc(C#N)oc2C)c1. The minimum absolute atomic E-state index is 0.0996. The van der Waals surface area contributed by atoms with Crippen LogP contribution in [-0.2, 0) is 0 Å². The van der Waals surface area contributed by atoms with Crippen LogP contribution in [0.2, 0.25) is 0 Å². The number of nitriles is 1. The number of furan rings is 1. The maximum atomic E-state index is 13.0. The van der Waals surface area contributed by atoms with Crippen LogP contribution in [0.3, 0.4) is 0 Å². The molecule has 1 aromatic heterocycles. The molecule has 0 aliphatic carbocycles. The number of hydrogen-bond acceptors (Lipinski definition) is 5. The van der Waals surface area contributed by atoms with Crippen LogP contribution in [0.25, 0.3) is 0 Å². The predicted molar refractivity (Wildman–Crippen MR) is 90.7 cm³/mol. The van der Waals surface area contributed by atoms with Gasteiger partial charge in [-0.2, -0.15) is 5.26 Å². The van der Waals surface area contributed by atoms with Crippen LogP contribution in [-0.4, -0.2) is 31.6 Å². The van der Waals surface area contributed by atoms with E-state index in [1.807, 2.05) is 29.2 Å². The van der Waals surface area contributed by atoms with E-state index in [0.29, 0.717) is 17.9 Å². The zero-order valence-electron chi connectivity index (χ0n) is 14.5. The second-order valence-corrected chi connectivity index (χ2v) is 5.96. The van der Waals surface area contributed by atoms with Crippen molar-refractivity contribution >= 4 is 5.91 Å². The number of ether oxygens (including phenoxy) is 2. The molecule has 2 heterocycles. The summed E-state index contributed by atoms with van der Waals surface area (Å²) in [5, 5.41) is 8.98. The van der Waals surface area contributed by atoms with Crippen LogP contribution >= 0.6 is 0 Å². The fraction of sp³-hybridized carbons (Fsp3) is 0.368. The minimum Gasteiger partial charge on any atom is -0.497 e. The number of carbonyl (C=O) groups excluding carboxylic acids is 1. The Labute approximate surface area is 146 Å². The molecule has 1 aromatic carbocycles. The monoisotopic (exact) mass is 340 g/mol. The summed E-state index contributed by atoms with van der Waals surface area (Å²) in [6.45, 7) is 2.35. The minimum atomic E-state index is -0.130. The van der Waals surface area contributed by atoms with Crippen molar-refractivity contribution in [1.29, 1.82) is 5.26 Å². The summed E-state index contributed by atoms with van der Waals surface area (Å²) < 4.78 is 16.1. The van der Waals surface area contributed by atoms with Gasteiger partial charge in [-0.25, -0.2) is 0 Å². The Morgan fingerprint density at radius 1 is 1.32 bits per heavy atom. The van der Waals surface area contributed by atoms with Gasteiger partial charge in [0.1, 0.15) is 23.3 Å². The molecule has 0 unspecified atom stereocenters. The average molecular weight is 340 g/mol. The molecule has 25 heavy (non-hydrogen) atoms. The summed E-state index contributed by atoms with van der Waals surface area (Å²) in [5.74, 6) is 1.93. The first kappa shape index (κ1) is 16.9. The third-order valence-electron chi connectivity index (χ3n) is 4.57. The molecule has 1 amide bonds. The van der Waals surface area contributed by atoms with Gasteiger partial charge in [0, 0.05) is 18.2 Å². The van der Waals surface area contributed by atoms with Crippen molar-refractivity contribution < 1.29 is 18.7 Å². The Bertz CT molecular complexity index is 834. The summed E-state index contributed by atoms with van der Waals surface area (Å²) in [4.78, 5) is 14.8. The third kappa shape index (κ3) is 3.05. The quantitative estimate of drug-likeness (QED) is 0.852. The molecule has 0 N–H and O–H groups in total. The fourth-order valence-electron chi connectivity index (χ4n) is 3.34. The van der Waals surface area contributed by atoms with E-state index in [0.717, 1.165) is 29.9 Å². The number of carbonyl (C=O) groups is 1. The molecule has 1 aliphatic rings. The number of benzene rings is 1. The molecule has 2 aromatic rings. The van der Waals surface area contributed by atoms with Crippen LogP contribution in [0, 0.1) is 18.3 Å². The second-order valence-electron chi connectivity index (χ2n) is 5.96. The van der Waals surface area contributed by atoms with Crippen LogP contribution < -0.4 is 9.47 Å². The summed E-state index contributed by atoms with van der Waals surface area (Å²) in [7, 11) is 3.23. The van der Waals surface area contributed by atoms with Crippen LogP contribution in [0.15, 0.2) is 28.7 Å². The van der Waals surface area contributed by atoms with E-state index in [1.54, 1.807) is 21.1 Å². The van der Waals surface area contributed by atoms with Crippen molar-refractivity contribution in [1.82, 2.24) is 4.90 Å². The molecule has 3 rings (SSSR count). The van der Waals surface area contributed by atoms with Gasteiger partial charge < -0.3 is 18.8 Å². The fourth-order valence-corrected chi connectivity index (χ4v) is 3.34. The Hall–Kier alpha value is -2.94. The maximum Gasteiger partial charge on any atom is 0.257 e. The molecule has 130 valence electrons. The van der Waals surface area contributed by atoms with Gasteiger partial charge in [-0.15, -0.1) is 0 Å². The number of hydrogen-bond donors (Lipinski definition) is 0. The molecule has 1 aliphatic heterocycles. The lowest BCUT2D eigenvalue weighted by Crippen LogP contribution is -2.31. The number of nitrogens with zero attached hydrogens (tertiary/aromatic N) is 2. The molecule has 6 nitrogen and oxygen atoms in total. The zero-order chi connectivity index (χ0) is 18.0. The van der Waals surface area contributed by atoms with E-state index < -0.39 is 0 Å². The van der Waals surface area contributed by atoms with Gasteiger partial charge in [0.15, 0.2) is 0 Å². The normalized spacial score (nSPS) is 16.6. The van der Waals surface area contributed by atoms with Gasteiger partial charge >= 0.3 is 0 Å². The molecule has 6 heteroatoms. The second kappa shape index (κ2) is 6.89. The van der Waals surface area contributed by atoms with E-state index in [-0.39, 0.29) is 17.7 Å². The molecule has 1 atom stereocenters. The topological polar surface area (TPSA) is 75.7 Å². The van der Waals surface area contributed by atoms with E-state index in [9.17, 15) is 4.79 Å². The number of likely N-dealkylation sites (tertiary alicyclic amines) is 1. The molecule has 1 fully saturated rings. The number of rotatable bonds is 4. The molecular weight excluding hydrogens is 320 g/mol. The van der Waals surface area contributed by atoms with Gasteiger partial charge in [0.05, 0.1) is 25.8 Å². The Balaban J connectivity index is 1.97. The number of aryl methyl sites for hydroxylation is 1. The lowest BCUT2D eigenvalue weighted by Gasteiger charge is -2.26. The number of methoxy groups -OCH3 is 2. The highest BCUT2D eigenvalue weighted by Gasteiger charge is 2.34. The first-order valence-corrected chi connectivity index (χ1v) is 8.12. The van der Waals surface area contributed by atoms with E-state index in [2.05, 4.69) is 0 Å². The first-order valence-electron chi connectivity index (χ1n) is 8.12. The van der Waals surface area contributed by atoms with Crippen molar-refractivity contribution in [2.45, 2.75) is 25.8 Å². The molecule has 0 bridgehead atoms. The summed E-state index contributed by atoms with van der Waals surface area (Å²) in [6, 6.07) is 8.95. The summed E-state index contributed by atoms with van der Waals surface area (Å²) in [6.07, 6.45) is 1.75. The van der Waals surface area contributed by atoms with Crippen molar-refractivity contribution in [2.24, 2.45) is 0 Å². The van der Waals surface area contributed by atoms with E-state index >= 15 is 0 Å². The van der Waals surface area contributed by atoms with E-state index in [4.69, 9.17) is 19.2 Å². The van der Waals surface area contributed by atoms with Gasteiger partial charge in [0.25, 0.3) is 5.91 Å². The largest absolute Gasteiger partial charge is 0.497 e. The summed E-state index contributed by atoms with van der Waals surface area (Å²) in [5.41, 5.74) is 1.36. The van der Waals surface area contributed by atoms with Gasteiger partial charge in [-0.05, 0) is 38.0 Å². The molecule has 0 saturated carbocycles. The third-order valence-corrected chi connectivity index (χ3v) is 4.57. The van der Waals surface area contributed by atoms with Crippen LogP contribution in [0.4, 0.5) is 0 Å². The van der Waals surface area contributed by atoms with Crippen molar-refractivity contribution in [3.05, 3.63) is 46.9 Å². The van der Waals surface area contributed by atoms with Gasteiger partial charge in [-0.3, -0.25) is 4.79 Å². The molecule has 0 radical (unpaired) electrons. The van der Waals surface area contributed by atoms with Crippen molar-refractivity contribution in [3.8, 4) is 17.6 Å². The maximum absolute atomic E-state index is 13.0. The summed E-state index contributed by atoms with van der Waals surface area (Å²) >= 11 is 0. The lowest BCUT2D eigenvalue weighted by molar-refractivity contribution is 0.0732. The van der Waals surface area contributed by atoms with Crippen LogP contribution in [0.5, 0.6) is 11.5 Å². The van der Waals surface area contributed by atoms with Crippen molar-refractivity contribution in [2.75, 3.05) is 20.8 Å². The Morgan fingerprint density at radius 3 is 2.76 bits per heavy atom. The Kier molecular flexibility index (Phi) is 4.66. The van der Waals surface area contributed by atoms with Crippen LogP contribution in [0.1, 0.15) is 46.3 Å². The van der Waals surface area contributed by atoms with Gasteiger partial charge in [0.2, 0.25) is 5.76 Å². The lowest BCUT2D eigenvalue weighted by atomic mass is 10.0. The number of amides is 1. The average Bonchev–Trinajstić information content (AvgIpc) is 3.27. The highest BCUT2D eigenvalue weighted by Crippen LogP contribution is 2.39. The van der Waals surface area contributed by atoms with E-state index in [1.165, 1.54) is 6.07 Å².